The fraction of sp³-hybridized carbons (Fsp3) is 0.143. The predicted octanol–water partition coefficient (Wildman–Crippen LogP) is 0.612. The predicted molar refractivity (Wildman–Crippen MR) is 46.0 cm³/mol. The molecule has 0 radical (unpaired) electrons. The number of halogens is 1. The Morgan fingerprint density at radius 2 is 2.10 bits per heavy atom. The van der Waals surface area contributed by atoms with Crippen LogP contribution in [0.3, 0.4) is 0 Å². The summed E-state index contributed by atoms with van der Waals surface area (Å²) in [5, 5.41) is 9.91. The van der Waals surface area contributed by atoms with E-state index in [1.165, 1.54) is 16.9 Å². The van der Waals surface area contributed by atoms with Gasteiger partial charge in [-0.2, -0.15) is 0 Å². The van der Waals surface area contributed by atoms with E-state index < -0.39 is 0 Å². The molecule has 0 saturated heterocycles. The molecule has 0 aliphatic carbocycles. The Hall–Kier alpha value is -0.132. The Bertz CT molecular complexity index is 210. The third-order valence-corrected chi connectivity index (χ3v) is 3.03. The third kappa shape index (κ3) is 1.47. The van der Waals surface area contributed by atoms with E-state index in [0.717, 1.165) is 14.9 Å². The summed E-state index contributed by atoms with van der Waals surface area (Å²) < 4.78 is 0.970. The van der Waals surface area contributed by atoms with E-state index in [4.69, 9.17) is 11.6 Å². The van der Waals surface area contributed by atoms with Gasteiger partial charge in [0.25, 0.3) is 0 Å². The maximum atomic E-state index is 9.18. The molecule has 1 aromatic carbocycles. The van der Waals surface area contributed by atoms with Crippen molar-refractivity contribution < 1.29 is 5.11 Å². The first kappa shape index (κ1) is 7.97. The van der Waals surface area contributed by atoms with Crippen molar-refractivity contribution in [3.63, 3.8) is 0 Å². The Labute approximate surface area is 73.5 Å². The molecule has 0 saturated carbocycles. The summed E-state index contributed by atoms with van der Waals surface area (Å²) in [6.07, 6.45) is 0. The molecule has 0 heterocycles. The first-order valence-corrected chi connectivity index (χ1v) is 4.45. The monoisotopic (exact) mass is 218 g/mol. The molecule has 10 heavy (non-hydrogen) atoms. The second kappa shape index (κ2) is 2.85. The molecule has 1 unspecified atom stereocenters. The fourth-order valence-corrected chi connectivity index (χ4v) is 1.40. The molecule has 0 amide bonds. The maximum absolute atomic E-state index is 9.18. The van der Waals surface area contributed by atoms with Gasteiger partial charge in [-0.05, 0) is 0 Å². The summed E-state index contributed by atoms with van der Waals surface area (Å²) >= 11 is 7.21. The van der Waals surface area contributed by atoms with Gasteiger partial charge in [-0.15, -0.1) is 0 Å². The van der Waals surface area contributed by atoms with E-state index >= 15 is 0 Å². The molecule has 1 atom stereocenters. The van der Waals surface area contributed by atoms with Crippen molar-refractivity contribution in [1.82, 2.24) is 0 Å². The van der Waals surface area contributed by atoms with Gasteiger partial charge >= 0.3 is 73.3 Å². The van der Waals surface area contributed by atoms with Crippen molar-refractivity contribution >= 4 is 32.8 Å². The number of hydrogen-bond donors (Lipinski definition) is 1. The number of aromatic hydroxyl groups is 1. The summed E-state index contributed by atoms with van der Waals surface area (Å²) in [5.41, 5.74) is 0.825. The van der Waals surface area contributed by atoms with Gasteiger partial charge in [0, 0.05) is 0 Å². The van der Waals surface area contributed by atoms with Crippen LogP contribution < -0.4 is 4.35 Å². The molecular weight excluding hydrogens is 210 g/mol. The van der Waals surface area contributed by atoms with E-state index in [9.17, 15) is 5.11 Å². The van der Waals surface area contributed by atoms with Crippen LogP contribution in [0.2, 0.25) is 5.02 Å². The van der Waals surface area contributed by atoms with Gasteiger partial charge in [-0.3, -0.25) is 0 Å². The van der Waals surface area contributed by atoms with Gasteiger partial charge in [0.1, 0.15) is 0 Å². The van der Waals surface area contributed by atoms with Gasteiger partial charge in [0.05, 0.1) is 0 Å². The first-order valence-electron chi connectivity index (χ1n) is 2.86. The van der Waals surface area contributed by atoms with Crippen LogP contribution in [-0.4, -0.2) is 22.0 Å². The third-order valence-electron chi connectivity index (χ3n) is 1.32. The normalized spacial score (nSPS) is 9.90. The summed E-state index contributed by atoms with van der Waals surface area (Å²) in [6, 6.07) is 3.46. The summed E-state index contributed by atoms with van der Waals surface area (Å²) in [4.78, 5) is 0. The average Bonchev–Trinajstić information content (AvgIpc) is 1.84. The number of aryl methyl sites for hydroxylation is 1. The van der Waals surface area contributed by atoms with Crippen LogP contribution in [-0.2, 0) is 0 Å². The second-order valence-electron chi connectivity index (χ2n) is 2.16. The zero-order valence-corrected chi connectivity index (χ0v) is 8.74. The van der Waals surface area contributed by atoms with E-state index in [-0.39, 0.29) is 0 Å². The Balaban J connectivity index is 3.28. The van der Waals surface area contributed by atoms with Crippen LogP contribution in [0.5, 0.6) is 5.75 Å². The molecule has 0 aromatic heterocycles. The molecule has 0 fully saturated rings. The van der Waals surface area contributed by atoms with Crippen molar-refractivity contribution in [2.45, 2.75) is 6.92 Å². The second-order valence-corrected chi connectivity index (χ2v) is 3.87. The number of benzene rings is 1. The SMILES string of the molecule is Cc1cc(Cl)c([AsH2])cc1O. The Kier molecular flexibility index (Phi) is 2.28. The van der Waals surface area contributed by atoms with Gasteiger partial charge in [0.15, 0.2) is 0 Å². The Morgan fingerprint density at radius 3 is 2.60 bits per heavy atom. The summed E-state index contributed by atoms with van der Waals surface area (Å²) in [5.74, 6) is 0.323. The molecule has 0 aliphatic rings. The van der Waals surface area contributed by atoms with Crippen LogP contribution in [0.4, 0.5) is 0 Å². The zero-order valence-electron chi connectivity index (χ0n) is 5.56. The quantitative estimate of drug-likeness (QED) is 0.633. The Morgan fingerprint density at radius 1 is 1.50 bits per heavy atom. The molecule has 54 valence electrons. The van der Waals surface area contributed by atoms with Crippen molar-refractivity contribution in [2.75, 3.05) is 0 Å². The van der Waals surface area contributed by atoms with Crippen LogP contribution >= 0.6 is 11.6 Å². The van der Waals surface area contributed by atoms with E-state index in [0.29, 0.717) is 5.75 Å². The molecule has 3 heteroatoms. The summed E-state index contributed by atoms with van der Waals surface area (Å²) in [7, 11) is 0. The fourth-order valence-electron chi connectivity index (χ4n) is 0.677. The van der Waals surface area contributed by atoms with Crippen molar-refractivity contribution in [2.24, 2.45) is 0 Å². The average molecular weight is 219 g/mol. The molecular formula is C7H8AsClO. The van der Waals surface area contributed by atoms with E-state index in [1.807, 2.05) is 6.92 Å². The molecule has 1 N–H and O–H groups in total. The standard InChI is InChI=1S/C7H8AsClO/c1-4-2-6(9)5(8)3-7(4)10/h2-3,10H,8H2,1H3. The van der Waals surface area contributed by atoms with Crippen LogP contribution in [0.1, 0.15) is 5.56 Å². The molecule has 0 spiro atoms. The summed E-state index contributed by atoms with van der Waals surface area (Å²) in [6.45, 7) is 1.83. The molecule has 0 bridgehead atoms. The molecule has 1 nitrogen and oxygen atoms in total. The minimum atomic E-state index is 0.323. The van der Waals surface area contributed by atoms with E-state index in [2.05, 4.69) is 0 Å². The van der Waals surface area contributed by atoms with Crippen LogP contribution in [0.25, 0.3) is 0 Å². The van der Waals surface area contributed by atoms with Gasteiger partial charge in [0.2, 0.25) is 0 Å². The van der Waals surface area contributed by atoms with E-state index in [1.54, 1.807) is 12.1 Å². The van der Waals surface area contributed by atoms with Crippen molar-refractivity contribution in [3.05, 3.63) is 22.7 Å². The van der Waals surface area contributed by atoms with Crippen molar-refractivity contribution in [3.8, 4) is 5.75 Å². The number of phenolic OH excluding ortho intramolecular Hbond substituents is 1. The van der Waals surface area contributed by atoms with Gasteiger partial charge in [-0.25, -0.2) is 0 Å². The first-order chi connectivity index (χ1) is 4.61. The van der Waals surface area contributed by atoms with Crippen molar-refractivity contribution in [1.29, 1.82) is 0 Å². The molecule has 1 rings (SSSR count). The van der Waals surface area contributed by atoms with Crippen LogP contribution in [0.15, 0.2) is 12.1 Å². The zero-order chi connectivity index (χ0) is 7.72. The number of hydrogen-bond acceptors (Lipinski definition) is 1. The topological polar surface area (TPSA) is 20.2 Å². The molecule has 1 aromatic rings. The minimum absolute atomic E-state index is 0.323. The van der Waals surface area contributed by atoms with Gasteiger partial charge < -0.3 is 0 Å². The molecule has 0 aliphatic heterocycles. The number of rotatable bonds is 0. The van der Waals surface area contributed by atoms with Crippen LogP contribution in [0, 0.1) is 6.92 Å². The van der Waals surface area contributed by atoms with Gasteiger partial charge in [-0.1, -0.05) is 0 Å². The number of phenols is 1.